The Morgan fingerprint density at radius 2 is 2.03 bits per heavy atom. The molecule has 1 fully saturated rings. The average molecular weight is 456 g/mol. The van der Waals surface area contributed by atoms with Crippen LogP contribution in [-0.4, -0.2) is 46.1 Å². The second kappa shape index (κ2) is 10.1. The van der Waals surface area contributed by atoms with Crippen LogP contribution in [-0.2, 0) is 11.3 Å². The summed E-state index contributed by atoms with van der Waals surface area (Å²) in [6.07, 6.45) is 3.93. The molecule has 0 spiro atoms. The summed E-state index contributed by atoms with van der Waals surface area (Å²) in [6, 6.07) is 11.2. The molecule has 0 radical (unpaired) electrons. The molecule has 170 valence electrons. The highest BCUT2D eigenvalue weighted by atomic mass is 32.2. The van der Waals surface area contributed by atoms with Gasteiger partial charge in [0.05, 0.1) is 30.9 Å². The molecule has 1 amide bonds. The molecular formula is C23H29N5O3S. The average Bonchev–Trinajstić information content (AvgIpc) is 3.45. The second-order valence-corrected chi connectivity index (χ2v) is 9.38. The van der Waals surface area contributed by atoms with E-state index in [9.17, 15) is 4.79 Å². The number of nitrogens with one attached hydrogen (secondary N) is 1. The molecule has 3 heterocycles. The molecular weight excluding hydrogens is 426 g/mol. The minimum absolute atomic E-state index is 0.125. The number of methoxy groups -OCH3 is 1. The highest BCUT2D eigenvalue weighted by Crippen LogP contribution is 2.30. The summed E-state index contributed by atoms with van der Waals surface area (Å²) >= 11 is 1.39. The molecule has 32 heavy (non-hydrogen) atoms. The minimum atomic E-state index is -0.381. The Balaban J connectivity index is 1.52. The molecule has 1 atom stereocenters. The van der Waals surface area contributed by atoms with E-state index in [0.717, 1.165) is 43.6 Å². The van der Waals surface area contributed by atoms with Crippen LogP contribution in [0.5, 0.6) is 5.75 Å². The molecule has 1 saturated heterocycles. The van der Waals surface area contributed by atoms with Crippen molar-refractivity contribution in [1.29, 1.82) is 0 Å². The van der Waals surface area contributed by atoms with E-state index in [0.29, 0.717) is 23.1 Å². The van der Waals surface area contributed by atoms with Gasteiger partial charge in [-0.2, -0.15) is 0 Å². The number of rotatable bonds is 8. The number of amides is 1. The Bertz CT molecular complexity index is 1030. The fourth-order valence-electron chi connectivity index (χ4n) is 3.70. The van der Waals surface area contributed by atoms with E-state index in [-0.39, 0.29) is 11.2 Å². The number of carbonyl (C=O) groups excluding carboxylic acids is 1. The fourth-order valence-corrected chi connectivity index (χ4v) is 4.54. The number of benzene rings is 1. The maximum Gasteiger partial charge on any atom is 0.237 e. The number of piperidine rings is 1. The van der Waals surface area contributed by atoms with Crippen molar-refractivity contribution in [2.75, 3.05) is 30.4 Å². The predicted octanol–water partition coefficient (Wildman–Crippen LogP) is 4.28. The lowest BCUT2D eigenvalue weighted by Gasteiger charge is -2.31. The van der Waals surface area contributed by atoms with Gasteiger partial charge in [0.2, 0.25) is 11.9 Å². The number of hydrogen-bond acceptors (Lipinski definition) is 7. The van der Waals surface area contributed by atoms with Crippen LogP contribution in [0.2, 0.25) is 0 Å². The highest BCUT2D eigenvalue weighted by Gasteiger charge is 2.26. The van der Waals surface area contributed by atoms with Gasteiger partial charge in [-0.15, -0.1) is 10.2 Å². The smallest absolute Gasteiger partial charge is 0.237 e. The number of para-hydroxylation sites is 2. The molecule has 4 rings (SSSR count). The highest BCUT2D eigenvalue weighted by molar-refractivity contribution is 8.00. The Hall–Kier alpha value is -2.94. The zero-order valence-corrected chi connectivity index (χ0v) is 19.5. The van der Waals surface area contributed by atoms with Crippen molar-refractivity contribution in [1.82, 2.24) is 14.8 Å². The van der Waals surface area contributed by atoms with Crippen molar-refractivity contribution in [3.8, 4) is 5.75 Å². The van der Waals surface area contributed by atoms with E-state index < -0.39 is 0 Å². The molecule has 3 aromatic rings. The molecule has 1 aromatic carbocycles. The van der Waals surface area contributed by atoms with E-state index in [2.05, 4.69) is 27.3 Å². The maximum absolute atomic E-state index is 12.9. The first-order valence-electron chi connectivity index (χ1n) is 10.9. The summed E-state index contributed by atoms with van der Waals surface area (Å²) in [5.74, 6) is 2.87. The van der Waals surface area contributed by atoms with Gasteiger partial charge in [0, 0.05) is 13.1 Å². The molecule has 0 saturated carbocycles. The van der Waals surface area contributed by atoms with Gasteiger partial charge in [0.25, 0.3) is 0 Å². The molecule has 1 N–H and O–H groups in total. The molecule has 1 aliphatic heterocycles. The van der Waals surface area contributed by atoms with Crippen molar-refractivity contribution in [2.24, 2.45) is 5.92 Å². The Morgan fingerprint density at radius 3 is 2.75 bits per heavy atom. The molecule has 0 bridgehead atoms. The minimum Gasteiger partial charge on any atom is -0.495 e. The Labute approximate surface area is 192 Å². The van der Waals surface area contributed by atoms with Gasteiger partial charge in [0.1, 0.15) is 11.5 Å². The summed E-state index contributed by atoms with van der Waals surface area (Å²) in [6.45, 7) is 6.57. The first-order chi connectivity index (χ1) is 15.5. The zero-order valence-electron chi connectivity index (χ0n) is 18.7. The van der Waals surface area contributed by atoms with Gasteiger partial charge >= 0.3 is 0 Å². The first-order valence-corrected chi connectivity index (χ1v) is 11.7. The predicted molar refractivity (Wildman–Crippen MR) is 125 cm³/mol. The van der Waals surface area contributed by atoms with Gasteiger partial charge in [-0.1, -0.05) is 30.8 Å². The lowest BCUT2D eigenvalue weighted by molar-refractivity contribution is -0.115. The third-order valence-corrected chi connectivity index (χ3v) is 6.75. The van der Waals surface area contributed by atoms with Gasteiger partial charge < -0.3 is 19.4 Å². The summed E-state index contributed by atoms with van der Waals surface area (Å²) in [5.41, 5.74) is 0.646. The normalized spacial score (nSPS) is 15.5. The van der Waals surface area contributed by atoms with Crippen LogP contribution in [0, 0.1) is 5.92 Å². The number of aromatic nitrogens is 3. The molecule has 8 nitrogen and oxygen atoms in total. The topological polar surface area (TPSA) is 85.4 Å². The standard InChI is InChI=1S/C23H29N5O3S/c1-16-10-12-27(13-11-16)22-25-26-23(28(22)15-18-7-6-14-31-18)32-17(2)21(29)24-19-8-4-5-9-20(19)30-3/h4-9,14,16-17H,10-13,15H2,1-3H3,(H,24,29). The first kappa shape index (κ1) is 22.3. The Morgan fingerprint density at radius 1 is 1.25 bits per heavy atom. The van der Waals surface area contributed by atoms with Crippen molar-refractivity contribution in [3.63, 3.8) is 0 Å². The molecule has 2 aromatic heterocycles. The number of anilines is 2. The molecule has 1 unspecified atom stereocenters. The SMILES string of the molecule is COc1ccccc1NC(=O)C(C)Sc1nnc(N2CCC(C)CC2)n1Cc1ccco1. The van der Waals surface area contributed by atoms with Crippen LogP contribution in [0.4, 0.5) is 11.6 Å². The van der Waals surface area contributed by atoms with Crippen LogP contribution in [0.1, 0.15) is 32.4 Å². The summed E-state index contributed by atoms with van der Waals surface area (Å²) in [5, 5.41) is 12.2. The second-order valence-electron chi connectivity index (χ2n) is 8.07. The van der Waals surface area contributed by atoms with E-state index >= 15 is 0 Å². The number of hydrogen-bond donors (Lipinski definition) is 1. The monoisotopic (exact) mass is 455 g/mol. The third kappa shape index (κ3) is 5.09. The lowest BCUT2D eigenvalue weighted by Crippen LogP contribution is -2.35. The fraction of sp³-hybridized carbons (Fsp3) is 0.435. The van der Waals surface area contributed by atoms with Crippen LogP contribution in [0.25, 0.3) is 0 Å². The number of furan rings is 1. The number of nitrogens with zero attached hydrogens (tertiary/aromatic N) is 4. The van der Waals surface area contributed by atoms with Crippen LogP contribution in [0.15, 0.2) is 52.2 Å². The van der Waals surface area contributed by atoms with E-state index in [4.69, 9.17) is 9.15 Å². The van der Waals surface area contributed by atoms with Gasteiger partial charge in [-0.25, -0.2) is 0 Å². The Kier molecular flexibility index (Phi) is 7.04. The van der Waals surface area contributed by atoms with Crippen LogP contribution < -0.4 is 15.0 Å². The van der Waals surface area contributed by atoms with Gasteiger partial charge in [-0.05, 0) is 49.9 Å². The van der Waals surface area contributed by atoms with E-state index in [1.807, 2.05) is 47.9 Å². The summed E-state index contributed by atoms with van der Waals surface area (Å²) in [4.78, 5) is 15.2. The summed E-state index contributed by atoms with van der Waals surface area (Å²) in [7, 11) is 1.59. The van der Waals surface area contributed by atoms with Crippen LogP contribution in [0.3, 0.4) is 0 Å². The third-order valence-electron chi connectivity index (χ3n) is 5.67. The van der Waals surface area contributed by atoms with Crippen LogP contribution >= 0.6 is 11.8 Å². The van der Waals surface area contributed by atoms with E-state index in [1.165, 1.54) is 11.8 Å². The van der Waals surface area contributed by atoms with Crippen molar-refractivity contribution >= 4 is 29.3 Å². The quantitative estimate of drug-likeness (QED) is 0.507. The van der Waals surface area contributed by atoms with Crippen molar-refractivity contribution < 1.29 is 13.9 Å². The van der Waals surface area contributed by atoms with E-state index in [1.54, 1.807) is 13.4 Å². The number of thioether (sulfide) groups is 1. The van der Waals surface area contributed by atoms with Gasteiger partial charge in [-0.3, -0.25) is 9.36 Å². The van der Waals surface area contributed by atoms with Crippen molar-refractivity contribution in [3.05, 3.63) is 48.4 Å². The van der Waals surface area contributed by atoms with Crippen molar-refractivity contribution in [2.45, 2.75) is 43.6 Å². The maximum atomic E-state index is 12.9. The van der Waals surface area contributed by atoms with Gasteiger partial charge in [0.15, 0.2) is 5.16 Å². The number of carbonyl (C=O) groups is 1. The lowest BCUT2D eigenvalue weighted by atomic mass is 10.00. The molecule has 9 heteroatoms. The largest absolute Gasteiger partial charge is 0.495 e. The number of ether oxygens (including phenoxy) is 1. The zero-order chi connectivity index (χ0) is 22.5. The molecule has 1 aliphatic rings. The summed E-state index contributed by atoms with van der Waals surface area (Å²) < 4.78 is 13.0. The molecule has 0 aliphatic carbocycles.